The van der Waals surface area contributed by atoms with Crippen LogP contribution < -0.4 is 10.5 Å². The van der Waals surface area contributed by atoms with Crippen LogP contribution in [0, 0.1) is 0 Å². The van der Waals surface area contributed by atoms with Gasteiger partial charge in [-0.1, -0.05) is 26.0 Å². The molecule has 0 amide bonds. The van der Waals surface area contributed by atoms with Crippen molar-refractivity contribution in [2.45, 2.75) is 50.5 Å². The molecule has 1 fully saturated rings. The average molecular weight is 265 g/mol. The molecule has 1 aromatic carbocycles. The van der Waals surface area contributed by atoms with E-state index in [1.54, 1.807) is 0 Å². The standard InChI is InChI=1S/C15H23NOS/c1-3-11(2)18-10-15(16)12-4-6-13(7-5-12)17-14-8-9-14/h4-7,11,14-15H,3,8-10,16H2,1-2H3. The SMILES string of the molecule is CCC(C)SCC(N)c1ccc(OC2CC2)cc1. The van der Waals surface area contributed by atoms with E-state index in [0.717, 1.165) is 11.5 Å². The Hall–Kier alpha value is -0.670. The summed E-state index contributed by atoms with van der Waals surface area (Å²) in [5, 5.41) is 0.688. The summed E-state index contributed by atoms with van der Waals surface area (Å²) < 4.78 is 5.73. The van der Waals surface area contributed by atoms with Crippen LogP contribution in [0.5, 0.6) is 5.75 Å². The largest absolute Gasteiger partial charge is 0.490 e. The highest BCUT2D eigenvalue weighted by atomic mass is 32.2. The third-order valence-corrected chi connectivity index (χ3v) is 4.72. The van der Waals surface area contributed by atoms with Crippen LogP contribution in [0.4, 0.5) is 0 Å². The molecule has 2 atom stereocenters. The van der Waals surface area contributed by atoms with Crippen molar-refractivity contribution in [2.24, 2.45) is 5.73 Å². The van der Waals surface area contributed by atoms with Gasteiger partial charge < -0.3 is 10.5 Å². The van der Waals surface area contributed by atoms with Crippen molar-refractivity contribution in [1.29, 1.82) is 0 Å². The van der Waals surface area contributed by atoms with E-state index >= 15 is 0 Å². The predicted molar refractivity (Wildman–Crippen MR) is 79.2 cm³/mol. The summed E-state index contributed by atoms with van der Waals surface area (Å²) in [6.45, 7) is 4.47. The Morgan fingerprint density at radius 3 is 2.56 bits per heavy atom. The van der Waals surface area contributed by atoms with Crippen molar-refractivity contribution in [3.8, 4) is 5.75 Å². The quantitative estimate of drug-likeness (QED) is 0.815. The lowest BCUT2D eigenvalue weighted by Gasteiger charge is -2.15. The van der Waals surface area contributed by atoms with Crippen LogP contribution in [0.2, 0.25) is 0 Å². The van der Waals surface area contributed by atoms with E-state index in [9.17, 15) is 0 Å². The van der Waals surface area contributed by atoms with Crippen LogP contribution in [-0.4, -0.2) is 17.1 Å². The molecule has 0 aliphatic heterocycles. The first kappa shape index (κ1) is 13.8. The molecule has 2 nitrogen and oxygen atoms in total. The van der Waals surface area contributed by atoms with Crippen molar-refractivity contribution in [3.05, 3.63) is 29.8 Å². The Labute approximate surface area is 114 Å². The molecule has 3 heteroatoms. The van der Waals surface area contributed by atoms with Crippen molar-refractivity contribution in [1.82, 2.24) is 0 Å². The van der Waals surface area contributed by atoms with E-state index in [1.165, 1.54) is 24.8 Å². The summed E-state index contributed by atoms with van der Waals surface area (Å²) in [7, 11) is 0. The smallest absolute Gasteiger partial charge is 0.119 e. The van der Waals surface area contributed by atoms with Gasteiger partial charge in [-0.2, -0.15) is 11.8 Å². The number of thioether (sulfide) groups is 1. The van der Waals surface area contributed by atoms with Crippen molar-refractivity contribution in [2.75, 3.05) is 5.75 Å². The zero-order valence-electron chi connectivity index (χ0n) is 11.3. The first-order chi connectivity index (χ1) is 8.69. The summed E-state index contributed by atoms with van der Waals surface area (Å²) >= 11 is 1.95. The maximum Gasteiger partial charge on any atom is 0.119 e. The molecule has 1 aliphatic rings. The molecule has 0 heterocycles. The molecule has 0 aromatic heterocycles. The molecule has 0 bridgehead atoms. The number of hydrogen-bond donors (Lipinski definition) is 1. The van der Waals surface area contributed by atoms with Gasteiger partial charge in [0.05, 0.1) is 6.10 Å². The second-order valence-corrected chi connectivity index (χ2v) is 6.52. The third-order valence-electron chi connectivity index (χ3n) is 3.27. The van der Waals surface area contributed by atoms with Crippen LogP contribution in [0.25, 0.3) is 0 Å². The highest BCUT2D eigenvalue weighted by Gasteiger charge is 2.23. The van der Waals surface area contributed by atoms with E-state index in [-0.39, 0.29) is 6.04 Å². The molecule has 0 saturated heterocycles. The summed E-state index contributed by atoms with van der Waals surface area (Å²) in [5.41, 5.74) is 7.40. The molecular weight excluding hydrogens is 242 g/mol. The van der Waals surface area contributed by atoms with Gasteiger partial charge in [0.2, 0.25) is 0 Å². The van der Waals surface area contributed by atoms with Crippen LogP contribution in [0.1, 0.15) is 44.7 Å². The Kier molecular flexibility index (Phi) is 4.95. The lowest BCUT2D eigenvalue weighted by Crippen LogP contribution is -2.14. The van der Waals surface area contributed by atoms with Crippen LogP contribution >= 0.6 is 11.8 Å². The molecule has 1 saturated carbocycles. The van der Waals surface area contributed by atoms with Gasteiger partial charge >= 0.3 is 0 Å². The van der Waals surface area contributed by atoms with E-state index in [0.29, 0.717) is 11.4 Å². The number of benzene rings is 1. The maximum atomic E-state index is 6.20. The van der Waals surface area contributed by atoms with Crippen LogP contribution in [0.15, 0.2) is 24.3 Å². The Bertz CT molecular complexity index is 361. The molecule has 2 rings (SSSR count). The molecular formula is C15H23NOS. The summed E-state index contributed by atoms with van der Waals surface area (Å²) in [6.07, 6.45) is 4.07. The van der Waals surface area contributed by atoms with Gasteiger partial charge in [-0.3, -0.25) is 0 Å². The Morgan fingerprint density at radius 2 is 2.00 bits per heavy atom. The summed E-state index contributed by atoms with van der Waals surface area (Å²) in [4.78, 5) is 0. The third kappa shape index (κ3) is 4.21. The highest BCUT2D eigenvalue weighted by Crippen LogP contribution is 2.28. The van der Waals surface area contributed by atoms with Gasteiger partial charge in [-0.25, -0.2) is 0 Å². The fourth-order valence-electron chi connectivity index (χ4n) is 1.65. The van der Waals surface area contributed by atoms with Gasteiger partial charge in [0.25, 0.3) is 0 Å². The van der Waals surface area contributed by atoms with Gasteiger partial charge in [0.1, 0.15) is 5.75 Å². The van der Waals surface area contributed by atoms with E-state index in [4.69, 9.17) is 10.5 Å². The van der Waals surface area contributed by atoms with Crippen molar-refractivity contribution < 1.29 is 4.74 Å². The molecule has 1 aromatic rings. The molecule has 2 unspecified atom stereocenters. The molecule has 0 spiro atoms. The predicted octanol–water partition coefficient (Wildman–Crippen LogP) is 3.76. The Balaban J connectivity index is 1.83. The van der Waals surface area contributed by atoms with Crippen LogP contribution in [0.3, 0.4) is 0 Å². The molecule has 100 valence electrons. The van der Waals surface area contributed by atoms with Crippen molar-refractivity contribution >= 4 is 11.8 Å². The van der Waals surface area contributed by atoms with Gasteiger partial charge in [0, 0.05) is 17.0 Å². The molecule has 1 aliphatic carbocycles. The fraction of sp³-hybridized carbons (Fsp3) is 0.600. The number of nitrogens with two attached hydrogens (primary N) is 1. The normalized spacial score (nSPS) is 18.4. The number of hydrogen-bond acceptors (Lipinski definition) is 3. The average Bonchev–Trinajstić information content (AvgIpc) is 3.20. The minimum Gasteiger partial charge on any atom is -0.490 e. The Morgan fingerprint density at radius 1 is 1.33 bits per heavy atom. The second-order valence-electron chi connectivity index (χ2n) is 5.04. The first-order valence-electron chi connectivity index (χ1n) is 6.83. The molecule has 0 radical (unpaired) electrons. The zero-order chi connectivity index (χ0) is 13.0. The number of rotatable bonds is 7. The van der Waals surface area contributed by atoms with E-state index in [1.807, 2.05) is 23.9 Å². The lowest BCUT2D eigenvalue weighted by atomic mass is 10.1. The first-order valence-corrected chi connectivity index (χ1v) is 7.87. The van der Waals surface area contributed by atoms with Crippen molar-refractivity contribution in [3.63, 3.8) is 0 Å². The van der Waals surface area contributed by atoms with Gasteiger partial charge in [0.15, 0.2) is 0 Å². The minimum atomic E-state index is 0.124. The van der Waals surface area contributed by atoms with E-state index in [2.05, 4.69) is 26.0 Å². The maximum absolute atomic E-state index is 6.20. The summed E-state index contributed by atoms with van der Waals surface area (Å²) in [6, 6.07) is 8.40. The fourth-order valence-corrected chi connectivity index (χ4v) is 2.62. The minimum absolute atomic E-state index is 0.124. The van der Waals surface area contributed by atoms with Gasteiger partial charge in [-0.15, -0.1) is 0 Å². The number of ether oxygens (including phenoxy) is 1. The highest BCUT2D eigenvalue weighted by molar-refractivity contribution is 7.99. The van der Waals surface area contributed by atoms with Gasteiger partial charge in [-0.05, 0) is 37.0 Å². The van der Waals surface area contributed by atoms with Crippen LogP contribution in [-0.2, 0) is 0 Å². The topological polar surface area (TPSA) is 35.2 Å². The summed E-state index contributed by atoms with van der Waals surface area (Å²) in [5.74, 6) is 1.96. The molecule has 18 heavy (non-hydrogen) atoms. The van der Waals surface area contributed by atoms with E-state index < -0.39 is 0 Å². The monoisotopic (exact) mass is 265 g/mol. The molecule has 2 N–H and O–H groups in total. The zero-order valence-corrected chi connectivity index (χ0v) is 12.1. The second kappa shape index (κ2) is 6.48. The lowest BCUT2D eigenvalue weighted by molar-refractivity contribution is 0.303.